The van der Waals surface area contributed by atoms with Crippen molar-refractivity contribution in [3.8, 4) is 0 Å². The lowest BCUT2D eigenvalue weighted by atomic mass is 10.2. The first kappa shape index (κ1) is 12.8. The summed E-state index contributed by atoms with van der Waals surface area (Å²) in [6.45, 7) is 8.19. The van der Waals surface area contributed by atoms with Crippen LogP contribution in [0.5, 0.6) is 0 Å². The Balaban J connectivity index is 0. The second-order valence-electron chi connectivity index (χ2n) is 2.15. The van der Waals surface area contributed by atoms with Gasteiger partial charge in [-0.1, -0.05) is 49.2 Å². The van der Waals surface area contributed by atoms with E-state index in [-0.39, 0.29) is 6.15 Å². The first-order chi connectivity index (χ1) is 4.79. The van der Waals surface area contributed by atoms with Gasteiger partial charge in [-0.05, 0) is 13.8 Å². The van der Waals surface area contributed by atoms with Gasteiger partial charge in [0.25, 0.3) is 0 Å². The maximum atomic E-state index is 2.12. The van der Waals surface area contributed by atoms with E-state index in [1.54, 1.807) is 0 Å². The number of rotatable bonds is 0. The first-order valence-electron chi connectivity index (χ1n) is 3.82. The summed E-state index contributed by atoms with van der Waals surface area (Å²) in [5.74, 6) is 0. The molecule has 64 valence electrons. The molecule has 0 unspecified atom stereocenters. The van der Waals surface area contributed by atoms with Gasteiger partial charge in [0.2, 0.25) is 0 Å². The maximum Gasteiger partial charge on any atom is -0.0398 e. The predicted molar refractivity (Wildman–Crippen MR) is 52.3 cm³/mol. The summed E-state index contributed by atoms with van der Waals surface area (Å²) in [6.07, 6.45) is 0. The first-order valence-corrected chi connectivity index (χ1v) is 3.82. The summed E-state index contributed by atoms with van der Waals surface area (Å²) in [7, 11) is 0. The van der Waals surface area contributed by atoms with Crippen molar-refractivity contribution in [2.24, 2.45) is 0 Å². The molecule has 0 atom stereocenters. The van der Waals surface area contributed by atoms with Gasteiger partial charge in [0, 0.05) is 0 Å². The molecule has 3 N–H and O–H groups in total. The summed E-state index contributed by atoms with van der Waals surface area (Å²) in [6, 6.07) is 8.48. The smallest absolute Gasteiger partial charge is 0.0398 e. The molecular formula is C10H19N. The van der Waals surface area contributed by atoms with Crippen molar-refractivity contribution >= 4 is 0 Å². The third-order valence-corrected chi connectivity index (χ3v) is 1.22. The van der Waals surface area contributed by atoms with Crippen LogP contribution < -0.4 is 6.15 Å². The molecule has 0 aromatic heterocycles. The van der Waals surface area contributed by atoms with Gasteiger partial charge in [-0.3, -0.25) is 0 Å². The van der Waals surface area contributed by atoms with Crippen molar-refractivity contribution in [1.82, 2.24) is 6.15 Å². The van der Waals surface area contributed by atoms with Crippen molar-refractivity contribution in [2.45, 2.75) is 27.7 Å². The van der Waals surface area contributed by atoms with Gasteiger partial charge in [-0.2, -0.15) is 0 Å². The fourth-order valence-corrected chi connectivity index (χ4v) is 0.637. The topological polar surface area (TPSA) is 35.0 Å². The molecular weight excluding hydrogens is 134 g/mol. The summed E-state index contributed by atoms with van der Waals surface area (Å²) < 4.78 is 0. The highest BCUT2D eigenvalue weighted by molar-refractivity contribution is 5.19. The monoisotopic (exact) mass is 153 g/mol. The van der Waals surface area contributed by atoms with E-state index in [4.69, 9.17) is 0 Å². The van der Waals surface area contributed by atoms with Gasteiger partial charge < -0.3 is 6.15 Å². The van der Waals surface area contributed by atoms with E-state index < -0.39 is 0 Å². The van der Waals surface area contributed by atoms with Gasteiger partial charge in [-0.15, -0.1) is 0 Å². The summed E-state index contributed by atoms with van der Waals surface area (Å²) >= 11 is 0. The largest absolute Gasteiger partial charge is 0.344 e. The van der Waals surface area contributed by atoms with Crippen LogP contribution in [-0.2, 0) is 0 Å². The molecule has 0 heterocycles. The zero-order valence-electron chi connectivity index (χ0n) is 8.02. The summed E-state index contributed by atoms with van der Waals surface area (Å²) in [5.41, 5.74) is 2.66. The molecule has 0 spiro atoms. The standard InChI is InChI=1S/C8H10.C2H6.H3N/c1-7-3-5-8(2)6-4-7;1-2;/h3-6H,1-2H3;1-2H3;1H3. The molecule has 0 amide bonds. The second kappa shape index (κ2) is 7.29. The molecule has 0 fully saturated rings. The Kier molecular flexibility index (Phi) is 8.50. The fraction of sp³-hybridized carbons (Fsp3) is 0.400. The van der Waals surface area contributed by atoms with Gasteiger partial charge in [0.05, 0.1) is 0 Å². The number of hydrogen-bond acceptors (Lipinski definition) is 1. The third kappa shape index (κ3) is 5.62. The van der Waals surface area contributed by atoms with E-state index in [1.165, 1.54) is 11.1 Å². The van der Waals surface area contributed by atoms with E-state index in [1.807, 2.05) is 13.8 Å². The van der Waals surface area contributed by atoms with Crippen molar-refractivity contribution in [1.29, 1.82) is 0 Å². The van der Waals surface area contributed by atoms with Crippen molar-refractivity contribution in [2.75, 3.05) is 0 Å². The van der Waals surface area contributed by atoms with E-state index in [2.05, 4.69) is 38.1 Å². The zero-order valence-corrected chi connectivity index (χ0v) is 8.02. The minimum Gasteiger partial charge on any atom is -0.344 e. The Morgan fingerprint density at radius 2 is 0.909 bits per heavy atom. The highest BCUT2D eigenvalue weighted by Crippen LogP contribution is 1.99. The molecule has 0 saturated heterocycles. The summed E-state index contributed by atoms with van der Waals surface area (Å²) in [4.78, 5) is 0. The molecule has 1 heteroatoms. The van der Waals surface area contributed by atoms with Crippen LogP contribution >= 0.6 is 0 Å². The van der Waals surface area contributed by atoms with Crippen LogP contribution in [0.2, 0.25) is 0 Å². The Bertz CT molecular complexity index is 144. The highest BCUT2D eigenvalue weighted by Gasteiger charge is 1.79. The molecule has 1 aromatic carbocycles. The van der Waals surface area contributed by atoms with Crippen molar-refractivity contribution in [3.05, 3.63) is 35.4 Å². The van der Waals surface area contributed by atoms with Gasteiger partial charge in [-0.25, -0.2) is 0 Å². The SMILES string of the molecule is CC.Cc1ccc(C)cc1.N. The second-order valence-corrected chi connectivity index (χ2v) is 2.15. The number of benzene rings is 1. The average Bonchev–Trinajstić information content (AvgIpc) is 2.00. The lowest BCUT2D eigenvalue weighted by molar-refractivity contribution is 1.40. The van der Waals surface area contributed by atoms with Crippen molar-refractivity contribution < 1.29 is 0 Å². The molecule has 1 nitrogen and oxygen atoms in total. The highest BCUT2D eigenvalue weighted by atomic mass is 14.0. The number of aryl methyl sites for hydroxylation is 2. The van der Waals surface area contributed by atoms with Crippen LogP contribution in [0.3, 0.4) is 0 Å². The Hall–Kier alpha value is -0.820. The average molecular weight is 153 g/mol. The van der Waals surface area contributed by atoms with Crippen LogP contribution in [0.25, 0.3) is 0 Å². The van der Waals surface area contributed by atoms with Crippen LogP contribution in [0.1, 0.15) is 25.0 Å². The van der Waals surface area contributed by atoms with Crippen LogP contribution in [-0.4, -0.2) is 0 Å². The lowest BCUT2D eigenvalue weighted by Crippen LogP contribution is -1.70. The van der Waals surface area contributed by atoms with E-state index >= 15 is 0 Å². The fourth-order valence-electron chi connectivity index (χ4n) is 0.637. The molecule has 0 bridgehead atoms. The Labute approximate surface area is 70.0 Å². The van der Waals surface area contributed by atoms with Gasteiger partial charge in [0.15, 0.2) is 0 Å². The van der Waals surface area contributed by atoms with E-state index in [9.17, 15) is 0 Å². The van der Waals surface area contributed by atoms with Crippen LogP contribution in [0.4, 0.5) is 0 Å². The molecule has 0 aliphatic heterocycles. The number of hydrogen-bond donors (Lipinski definition) is 1. The minimum atomic E-state index is 0. The molecule has 11 heavy (non-hydrogen) atoms. The molecule has 1 rings (SSSR count). The zero-order chi connectivity index (χ0) is 7.98. The van der Waals surface area contributed by atoms with E-state index in [0.717, 1.165) is 0 Å². The molecule has 1 aromatic rings. The van der Waals surface area contributed by atoms with Crippen LogP contribution in [0, 0.1) is 13.8 Å². The normalized spacial score (nSPS) is 7.27. The van der Waals surface area contributed by atoms with Crippen molar-refractivity contribution in [3.63, 3.8) is 0 Å². The molecule has 0 saturated carbocycles. The van der Waals surface area contributed by atoms with Crippen LogP contribution in [0.15, 0.2) is 24.3 Å². The third-order valence-electron chi connectivity index (χ3n) is 1.22. The maximum absolute atomic E-state index is 2.12. The molecule has 0 radical (unpaired) electrons. The molecule has 0 aliphatic carbocycles. The van der Waals surface area contributed by atoms with Gasteiger partial charge in [0.1, 0.15) is 0 Å². The van der Waals surface area contributed by atoms with Gasteiger partial charge >= 0.3 is 0 Å². The minimum absolute atomic E-state index is 0. The Morgan fingerprint density at radius 1 is 0.727 bits per heavy atom. The van der Waals surface area contributed by atoms with E-state index in [0.29, 0.717) is 0 Å². The summed E-state index contributed by atoms with van der Waals surface area (Å²) in [5, 5.41) is 0. The molecule has 0 aliphatic rings. The predicted octanol–water partition coefficient (Wildman–Crippen LogP) is 3.49. The quantitative estimate of drug-likeness (QED) is 0.608. The Morgan fingerprint density at radius 3 is 1.09 bits per heavy atom. The lowest BCUT2D eigenvalue weighted by Gasteiger charge is -1.90.